The van der Waals surface area contributed by atoms with Crippen LogP contribution in [-0.4, -0.2) is 33.9 Å². The van der Waals surface area contributed by atoms with Crippen LogP contribution in [0.2, 0.25) is 0 Å². The van der Waals surface area contributed by atoms with Gasteiger partial charge in [0.2, 0.25) is 5.82 Å². The Bertz CT molecular complexity index is 1160. The number of hydrogen-bond acceptors (Lipinski definition) is 6. The maximum absolute atomic E-state index is 5.49. The molecule has 7 nitrogen and oxygen atoms in total. The molecule has 0 atom stereocenters. The fraction of sp³-hybridized carbons (Fsp3) is 0.318. The molecule has 1 fully saturated rings. The first-order chi connectivity index (χ1) is 14.3. The van der Waals surface area contributed by atoms with Crippen LogP contribution in [0.1, 0.15) is 31.7 Å². The summed E-state index contributed by atoms with van der Waals surface area (Å²) in [6.07, 6.45) is 7.00. The number of aromatic nitrogens is 4. The first kappa shape index (κ1) is 17.7. The second kappa shape index (κ2) is 7.24. The van der Waals surface area contributed by atoms with Crippen molar-refractivity contribution in [2.45, 2.75) is 31.7 Å². The molecule has 1 saturated carbocycles. The van der Waals surface area contributed by atoms with Crippen molar-refractivity contribution in [3.63, 3.8) is 0 Å². The third-order valence-corrected chi connectivity index (χ3v) is 5.61. The zero-order chi connectivity index (χ0) is 19.8. The highest BCUT2D eigenvalue weighted by Gasteiger charge is 2.19. The van der Waals surface area contributed by atoms with Gasteiger partial charge in [-0.15, -0.1) is 0 Å². The lowest BCUT2D eigenvalue weighted by molar-refractivity contribution is 0.355. The Hall–Kier alpha value is -3.35. The highest BCUT2D eigenvalue weighted by Crippen LogP contribution is 2.34. The van der Waals surface area contributed by atoms with E-state index in [9.17, 15) is 0 Å². The molecule has 1 aliphatic carbocycles. The van der Waals surface area contributed by atoms with Crippen molar-refractivity contribution in [3.05, 3.63) is 42.7 Å². The number of fused-ring (bicyclic) bond motifs is 1. The second-order valence-electron chi connectivity index (χ2n) is 7.29. The Morgan fingerprint density at radius 3 is 2.55 bits per heavy atom. The topological polar surface area (TPSA) is 75.2 Å². The van der Waals surface area contributed by atoms with E-state index in [4.69, 9.17) is 14.0 Å². The van der Waals surface area contributed by atoms with Gasteiger partial charge in [-0.3, -0.25) is 0 Å². The summed E-state index contributed by atoms with van der Waals surface area (Å²) in [5.74, 6) is 2.23. The van der Waals surface area contributed by atoms with Crippen LogP contribution in [0.5, 0.6) is 11.5 Å². The molecule has 0 N–H and O–H groups in total. The van der Waals surface area contributed by atoms with Gasteiger partial charge in [-0.05, 0) is 49.2 Å². The average molecular weight is 390 g/mol. The SMILES string of the molecule is COc1ccc(-c2nc(-c3ccc4c(c3)ncn4C3CCCC3)no2)cc1OC. The van der Waals surface area contributed by atoms with Crippen LogP contribution in [0.25, 0.3) is 33.9 Å². The van der Waals surface area contributed by atoms with Crippen LogP contribution in [-0.2, 0) is 0 Å². The molecule has 2 aromatic carbocycles. The third-order valence-electron chi connectivity index (χ3n) is 5.61. The van der Waals surface area contributed by atoms with Gasteiger partial charge in [0.25, 0.3) is 5.89 Å². The van der Waals surface area contributed by atoms with E-state index in [1.54, 1.807) is 14.2 Å². The smallest absolute Gasteiger partial charge is 0.258 e. The van der Waals surface area contributed by atoms with E-state index in [2.05, 4.69) is 25.8 Å². The minimum absolute atomic E-state index is 0.428. The number of methoxy groups -OCH3 is 2. The molecular formula is C22H22N4O3. The first-order valence-electron chi connectivity index (χ1n) is 9.80. The Kier molecular flexibility index (Phi) is 4.42. The van der Waals surface area contributed by atoms with Crippen molar-refractivity contribution in [2.75, 3.05) is 14.2 Å². The van der Waals surface area contributed by atoms with Crippen molar-refractivity contribution in [2.24, 2.45) is 0 Å². The molecule has 29 heavy (non-hydrogen) atoms. The lowest BCUT2D eigenvalue weighted by Crippen LogP contribution is -2.02. The zero-order valence-corrected chi connectivity index (χ0v) is 16.5. The summed E-state index contributed by atoms with van der Waals surface area (Å²) in [7, 11) is 3.20. The Labute approximate surface area is 168 Å². The summed E-state index contributed by atoms with van der Waals surface area (Å²) >= 11 is 0. The number of benzene rings is 2. The van der Waals surface area contributed by atoms with Gasteiger partial charge in [0.05, 0.1) is 31.6 Å². The maximum atomic E-state index is 5.49. The van der Waals surface area contributed by atoms with Crippen molar-refractivity contribution in [1.82, 2.24) is 19.7 Å². The summed E-state index contributed by atoms with van der Waals surface area (Å²) < 4.78 is 18.4. The number of hydrogen-bond donors (Lipinski definition) is 0. The van der Waals surface area contributed by atoms with E-state index in [1.807, 2.05) is 36.7 Å². The summed E-state index contributed by atoms with van der Waals surface area (Å²) in [5.41, 5.74) is 3.76. The van der Waals surface area contributed by atoms with Crippen molar-refractivity contribution in [1.29, 1.82) is 0 Å². The van der Waals surface area contributed by atoms with Crippen LogP contribution in [0.15, 0.2) is 47.2 Å². The fourth-order valence-electron chi connectivity index (χ4n) is 4.07. The van der Waals surface area contributed by atoms with Gasteiger partial charge in [0.1, 0.15) is 0 Å². The quantitative estimate of drug-likeness (QED) is 0.483. The Morgan fingerprint density at radius 2 is 1.76 bits per heavy atom. The van der Waals surface area contributed by atoms with Crippen LogP contribution in [0.3, 0.4) is 0 Å². The normalized spacial score (nSPS) is 14.6. The van der Waals surface area contributed by atoms with E-state index in [-0.39, 0.29) is 0 Å². The van der Waals surface area contributed by atoms with Crippen molar-refractivity contribution >= 4 is 11.0 Å². The van der Waals surface area contributed by atoms with Gasteiger partial charge >= 0.3 is 0 Å². The largest absolute Gasteiger partial charge is 0.493 e. The van der Waals surface area contributed by atoms with Gasteiger partial charge in [-0.1, -0.05) is 18.0 Å². The standard InChI is InChI=1S/C22H22N4O3/c1-27-19-10-8-15(12-20(19)28-2)22-24-21(25-29-22)14-7-9-18-17(11-14)23-13-26(18)16-5-3-4-6-16/h7-13,16H,3-6H2,1-2H3. The maximum Gasteiger partial charge on any atom is 0.258 e. The third kappa shape index (κ3) is 3.12. The van der Waals surface area contributed by atoms with Crippen molar-refractivity contribution in [3.8, 4) is 34.3 Å². The number of rotatable bonds is 5. The van der Waals surface area contributed by atoms with Crippen LogP contribution in [0, 0.1) is 0 Å². The van der Waals surface area contributed by atoms with Crippen LogP contribution >= 0.6 is 0 Å². The molecule has 5 rings (SSSR count). The van der Waals surface area contributed by atoms with E-state index >= 15 is 0 Å². The predicted molar refractivity (Wildman–Crippen MR) is 109 cm³/mol. The molecule has 0 amide bonds. The number of nitrogens with zero attached hydrogens (tertiary/aromatic N) is 4. The minimum atomic E-state index is 0.428. The molecular weight excluding hydrogens is 368 g/mol. The highest BCUT2D eigenvalue weighted by atomic mass is 16.5. The fourth-order valence-corrected chi connectivity index (χ4v) is 4.07. The Morgan fingerprint density at radius 1 is 0.966 bits per heavy atom. The molecule has 1 aliphatic rings. The molecule has 0 saturated heterocycles. The highest BCUT2D eigenvalue weighted by molar-refractivity contribution is 5.81. The van der Waals surface area contributed by atoms with Crippen molar-refractivity contribution < 1.29 is 14.0 Å². The average Bonchev–Trinajstić information content (AvgIpc) is 3.52. The summed E-state index contributed by atoms with van der Waals surface area (Å²) in [4.78, 5) is 9.17. The molecule has 0 radical (unpaired) electrons. The zero-order valence-electron chi connectivity index (χ0n) is 16.5. The second-order valence-corrected chi connectivity index (χ2v) is 7.29. The van der Waals surface area contributed by atoms with E-state index < -0.39 is 0 Å². The number of imidazole rings is 1. The lowest BCUT2D eigenvalue weighted by Gasteiger charge is -2.11. The van der Waals surface area contributed by atoms with Crippen LogP contribution < -0.4 is 9.47 Å². The Balaban J connectivity index is 1.46. The molecule has 7 heteroatoms. The van der Waals surface area contributed by atoms with E-state index in [0.29, 0.717) is 29.3 Å². The molecule has 2 heterocycles. The molecule has 0 aliphatic heterocycles. The van der Waals surface area contributed by atoms with Gasteiger partial charge in [-0.2, -0.15) is 4.98 Å². The minimum Gasteiger partial charge on any atom is -0.493 e. The van der Waals surface area contributed by atoms with E-state index in [0.717, 1.165) is 22.2 Å². The first-order valence-corrected chi connectivity index (χ1v) is 9.80. The predicted octanol–water partition coefficient (Wildman–Crippen LogP) is 4.89. The molecule has 4 aromatic rings. The monoisotopic (exact) mass is 390 g/mol. The number of ether oxygens (including phenoxy) is 2. The van der Waals surface area contributed by atoms with Crippen LogP contribution in [0.4, 0.5) is 0 Å². The van der Waals surface area contributed by atoms with E-state index in [1.165, 1.54) is 25.7 Å². The molecule has 0 unspecified atom stereocenters. The molecule has 0 bridgehead atoms. The summed E-state index contributed by atoms with van der Waals surface area (Å²) in [6, 6.07) is 12.2. The summed E-state index contributed by atoms with van der Waals surface area (Å²) in [5, 5.41) is 4.16. The molecule has 0 spiro atoms. The van der Waals surface area contributed by atoms with Gasteiger partial charge in [-0.25, -0.2) is 4.98 Å². The van der Waals surface area contributed by atoms with Gasteiger partial charge in [0.15, 0.2) is 11.5 Å². The van der Waals surface area contributed by atoms with Gasteiger partial charge in [0, 0.05) is 17.2 Å². The molecule has 148 valence electrons. The lowest BCUT2D eigenvalue weighted by atomic mass is 10.1. The summed E-state index contributed by atoms with van der Waals surface area (Å²) in [6.45, 7) is 0. The van der Waals surface area contributed by atoms with Gasteiger partial charge < -0.3 is 18.6 Å². The molecule has 2 aromatic heterocycles.